The van der Waals surface area contributed by atoms with Crippen molar-refractivity contribution < 1.29 is 22.8 Å². The third-order valence-corrected chi connectivity index (χ3v) is 2.91. The van der Waals surface area contributed by atoms with E-state index >= 15 is 0 Å². The number of benzene rings is 1. The Morgan fingerprint density at radius 2 is 2.15 bits per heavy atom. The van der Waals surface area contributed by atoms with Crippen LogP contribution in [0.5, 0.6) is 0 Å². The summed E-state index contributed by atoms with van der Waals surface area (Å²) < 4.78 is 37.5. The van der Waals surface area contributed by atoms with Crippen molar-refractivity contribution in [1.29, 1.82) is 0 Å². The van der Waals surface area contributed by atoms with Crippen LogP contribution in [0.15, 0.2) is 16.7 Å². The topological polar surface area (TPSA) is 52.3 Å². The smallest absolute Gasteiger partial charge is 0.344 e. The highest BCUT2D eigenvalue weighted by Gasteiger charge is 2.27. The standard InChI is InChI=1S/C13H10ClF2NO3/c1-3-19-13(18)9-6(2)20-17-12(9)10-8(15)5-4-7(14)11(10)16/h4-5H,3H2,1-2H3. The van der Waals surface area contributed by atoms with Gasteiger partial charge in [-0.2, -0.15) is 0 Å². The van der Waals surface area contributed by atoms with E-state index in [2.05, 4.69) is 5.16 Å². The summed E-state index contributed by atoms with van der Waals surface area (Å²) in [5.41, 5.74) is -0.900. The molecule has 4 nitrogen and oxygen atoms in total. The molecule has 7 heteroatoms. The Morgan fingerprint density at radius 1 is 1.45 bits per heavy atom. The van der Waals surface area contributed by atoms with Gasteiger partial charge in [-0.25, -0.2) is 13.6 Å². The zero-order valence-electron chi connectivity index (χ0n) is 10.7. The molecule has 20 heavy (non-hydrogen) atoms. The summed E-state index contributed by atoms with van der Waals surface area (Å²) in [6.07, 6.45) is 0. The fourth-order valence-corrected chi connectivity index (χ4v) is 1.89. The molecule has 0 spiro atoms. The first-order chi connectivity index (χ1) is 9.47. The first kappa shape index (κ1) is 14.5. The maximum atomic E-state index is 14.0. The second kappa shape index (κ2) is 5.58. The number of rotatable bonds is 3. The van der Waals surface area contributed by atoms with Crippen LogP contribution in [0, 0.1) is 18.6 Å². The highest BCUT2D eigenvalue weighted by molar-refractivity contribution is 6.31. The zero-order chi connectivity index (χ0) is 14.9. The van der Waals surface area contributed by atoms with Crippen molar-refractivity contribution in [2.75, 3.05) is 6.61 Å². The highest BCUT2D eigenvalue weighted by Crippen LogP contribution is 2.33. The average molecular weight is 302 g/mol. The van der Waals surface area contributed by atoms with E-state index in [4.69, 9.17) is 20.9 Å². The molecule has 1 heterocycles. The first-order valence-electron chi connectivity index (χ1n) is 5.74. The molecular weight excluding hydrogens is 292 g/mol. The molecule has 0 saturated heterocycles. The molecule has 0 unspecified atom stereocenters. The second-order valence-corrected chi connectivity index (χ2v) is 4.31. The van der Waals surface area contributed by atoms with Crippen LogP contribution in [0.1, 0.15) is 23.0 Å². The maximum absolute atomic E-state index is 14.0. The van der Waals surface area contributed by atoms with Crippen molar-refractivity contribution >= 4 is 17.6 Å². The Kier molecular flexibility index (Phi) is 4.04. The van der Waals surface area contributed by atoms with Gasteiger partial charge in [-0.3, -0.25) is 0 Å². The van der Waals surface area contributed by atoms with E-state index in [0.29, 0.717) is 0 Å². The van der Waals surface area contributed by atoms with Crippen LogP contribution in [0.25, 0.3) is 11.3 Å². The number of hydrogen-bond donors (Lipinski definition) is 0. The largest absolute Gasteiger partial charge is 0.462 e. The van der Waals surface area contributed by atoms with Crippen molar-refractivity contribution in [3.63, 3.8) is 0 Å². The Labute approximate surface area is 118 Å². The van der Waals surface area contributed by atoms with Crippen LogP contribution >= 0.6 is 11.6 Å². The zero-order valence-corrected chi connectivity index (χ0v) is 11.4. The van der Waals surface area contributed by atoms with Gasteiger partial charge in [0.05, 0.1) is 17.2 Å². The van der Waals surface area contributed by atoms with E-state index < -0.39 is 23.2 Å². The third-order valence-electron chi connectivity index (χ3n) is 2.62. The molecule has 0 atom stereocenters. The fraction of sp³-hybridized carbons (Fsp3) is 0.231. The van der Waals surface area contributed by atoms with Gasteiger partial charge in [0, 0.05) is 0 Å². The maximum Gasteiger partial charge on any atom is 0.344 e. The lowest BCUT2D eigenvalue weighted by Gasteiger charge is -2.06. The summed E-state index contributed by atoms with van der Waals surface area (Å²) in [7, 11) is 0. The minimum Gasteiger partial charge on any atom is -0.462 e. The van der Waals surface area contributed by atoms with Gasteiger partial charge in [-0.15, -0.1) is 0 Å². The molecule has 0 aliphatic heterocycles. The van der Waals surface area contributed by atoms with E-state index in [1.54, 1.807) is 6.92 Å². The quantitative estimate of drug-likeness (QED) is 0.640. The number of ether oxygens (including phenoxy) is 1. The van der Waals surface area contributed by atoms with E-state index in [9.17, 15) is 13.6 Å². The summed E-state index contributed by atoms with van der Waals surface area (Å²) in [6.45, 7) is 3.17. The molecule has 0 aliphatic carbocycles. The van der Waals surface area contributed by atoms with Crippen LogP contribution in [0.2, 0.25) is 5.02 Å². The molecule has 0 aliphatic rings. The lowest BCUT2D eigenvalue weighted by Crippen LogP contribution is -2.07. The molecule has 0 saturated carbocycles. The Morgan fingerprint density at radius 3 is 2.80 bits per heavy atom. The number of halogens is 3. The van der Waals surface area contributed by atoms with E-state index in [-0.39, 0.29) is 28.6 Å². The molecular formula is C13H10ClF2NO3. The van der Waals surface area contributed by atoms with Crippen LogP contribution in [0.4, 0.5) is 8.78 Å². The number of nitrogens with zero attached hydrogens (tertiary/aromatic N) is 1. The van der Waals surface area contributed by atoms with Gasteiger partial charge in [-0.1, -0.05) is 16.8 Å². The Hall–Kier alpha value is -1.95. The van der Waals surface area contributed by atoms with E-state index in [1.165, 1.54) is 6.92 Å². The van der Waals surface area contributed by atoms with Gasteiger partial charge in [-0.05, 0) is 26.0 Å². The monoisotopic (exact) mass is 301 g/mol. The molecule has 0 radical (unpaired) electrons. The van der Waals surface area contributed by atoms with Crippen LogP contribution < -0.4 is 0 Å². The molecule has 0 N–H and O–H groups in total. The molecule has 0 bridgehead atoms. The molecule has 2 rings (SSSR count). The van der Waals surface area contributed by atoms with Crippen LogP contribution in [-0.2, 0) is 4.74 Å². The normalized spacial score (nSPS) is 10.7. The average Bonchev–Trinajstić information content (AvgIpc) is 2.77. The lowest BCUT2D eigenvalue weighted by atomic mass is 10.1. The number of aryl methyl sites for hydroxylation is 1. The molecule has 1 aromatic heterocycles. The molecule has 0 fully saturated rings. The number of aromatic nitrogens is 1. The first-order valence-corrected chi connectivity index (χ1v) is 6.12. The van der Waals surface area contributed by atoms with Crippen molar-refractivity contribution in [3.8, 4) is 11.3 Å². The van der Waals surface area contributed by atoms with Crippen molar-refractivity contribution in [2.24, 2.45) is 0 Å². The highest BCUT2D eigenvalue weighted by atomic mass is 35.5. The van der Waals surface area contributed by atoms with Gasteiger partial charge >= 0.3 is 5.97 Å². The summed E-state index contributed by atoms with van der Waals surface area (Å²) in [6, 6.07) is 2.06. The molecule has 2 aromatic rings. The number of carbonyl (C=O) groups excluding carboxylic acids is 1. The van der Waals surface area contributed by atoms with Gasteiger partial charge < -0.3 is 9.26 Å². The molecule has 0 amide bonds. The van der Waals surface area contributed by atoms with Crippen molar-refractivity contribution in [1.82, 2.24) is 5.16 Å². The molecule has 1 aromatic carbocycles. The Bertz CT molecular complexity index is 670. The van der Waals surface area contributed by atoms with Crippen molar-refractivity contribution in [3.05, 3.63) is 40.1 Å². The van der Waals surface area contributed by atoms with Crippen LogP contribution in [-0.4, -0.2) is 17.7 Å². The fourth-order valence-electron chi connectivity index (χ4n) is 1.73. The van der Waals surface area contributed by atoms with Gasteiger partial charge in [0.1, 0.15) is 22.8 Å². The van der Waals surface area contributed by atoms with Gasteiger partial charge in [0.2, 0.25) is 0 Å². The minimum atomic E-state index is -1.01. The number of esters is 1. The predicted octanol–water partition coefficient (Wildman–Crippen LogP) is 3.76. The summed E-state index contributed by atoms with van der Waals surface area (Å²) in [5.74, 6) is -2.56. The number of hydrogen-bond acceptors (Lipinski definition) is 4. The van der Waals surface area contributed by atoms with Gasteiger partial charge in [0.25, 0.3) is 0 Å². The summed E-state index contributed by atoms with van der Waals surface area (Å²) >= 11 is 5.62. The lowest BCUT2D eigenvalue weighted by molar-refractivity contribution is 0.0525. The van der Waals surface area contributed by atoms with Crippen LogP contribution in [0.3, 0.4) is 0 Å². The van der Waals surface area contributed by atoms with Crippen molar-refractivity contribution in [2.45, 2.75) is 13.8 Å². The molecule has 106 valence electrons. The second-order valence-electron chi connectivity index (χ2n) is 3.90. The number of carbonyl (C=O) groups is 1. The minimum absolute atomic E-state index is 0.109. The summed E-state index contributed by atoms with van der Waals surface area (Å²) in [4.78, 5) is 11.8. The SMILES string of the molecule is CCOC(=O)c1c(-c2c(F)ccc(Cl)c2F)noc1C. The summed E-state index contributed by atoms with van der Waals surface area (Å²) in [5, 5.41) is 3.26. The van der Waals surface area contributed by atoms with E-state index in [0.717, 1.165) is 12.1 Å². The van der Waals surface area contributed by atoms with Gasteiger partial charge in [0.15, 0.2) is 5.82 Å². The Balaban J connectivity index is 2.66. The predicted molar refractivity (Wildman–Crippen MR) is 67.6 cm³/mol. The van der Waals surface area contributed by atoms with E-state index in [1.807, 2.05) is 0 Å². The third kappa shape index (κ3) is 2.38.